The summed E-state index contributed by atoms with van der Waals surface area (Å²) in [7, 11) is 1.85. The third-order valence-electron chi connectivity index (χ3n) is 4.55. The lowest BCUT2D eigenvalue weighted by Gasteiger charge is -2.20. The highest BCUT2D eigenvalue weighted by Gasteiger charge is 2.33. The van der Waals surface area contributed by atoms with Crippen molar-refractivity contribution in [2.45, 2.75) is 18.6 Å². The number of rotatable bonds is 3. The first-order chi connectivity index (χ1) is 12.1. The molecule has 3 heterocycles. The van der Waals surface area contributed by atoms with E-state index in [1.54, 1.807) is 16.9 Å². The second-order valence-electron chi connectivity index (χ2n) is 6.13. The molecule has 7 heteroatoms. The predicted molar refractivity (Wildman–Crippen MR) is 92.3 cm³/mol. The highest BCUT2D eigenvalue weighted by molar-refractivity contribution is 6.06. The fourth-order valence-electron chi connectivity index (χ4n) is 3.33. The molecule has 25 heavy (non-hydrogen) atoms. The van der Waals surface area contributed by atoms with E-state index in [0.717, 1.165) is 11.1 Å². The molecule has 2 atom stereocenters. The van der Waals surface area contributed by atoms with Crippen LogP contribution >= 0.6 is 0 Å². The van der Waals surface area contributed by atoms with Gasteiger partial charge in [0.15, 0.2) is 0 Å². The molecule has 1 aliphatic heterocycles. The lowest BCUT2D eigenvalue weighted by molar-refractivity contribution is 0.0793. The summed E-state index contributed by atoms with van der Waals surface area (Å²) < 4.78 is 7.54. The zero-order valence-corrected chi connectivity index (χ0v) is 13.7. The van der Waals surface area contributed by atoms with Gasteiger partial charge in [-0.3, -0.25) is 14.3 Å². The summed E-state index contributed by atoms with van der Waals surface area (Å²) >= 11 is 0. The summed E-state index contributed by atoms with van der Waals surface area (Å²) in [4.78, 5) is 27.4. The van der Waals surface area contributed by atoms with Gasteiger partial charge in [-0.05, 0) is 18.6 Å². The van der Waals surface area contributed by atoms with E-state index in [0.29, 0.717) is 24.1 Å². The molecular weight excluding hydrogens is 320 g/mol. The Bertz CT molecular complexity index is 991. The largest absolute Gasteiger partial charge is 0.370 e. The van der Waals surface area contributed by atoms with Crippen molar-refractivity contribution in [1.29, 1.82) is 0 Å². The standard InChI is InChI=1S/C18H18N4O3/c1-22-15(6-8-19-22)17-14(7-9-25-17)21-18(24)12-10-16(23)20-13-5-3-2-4-11(12)13/h2-6,8,10,14,17H,7,9H2,1H3,(H,20,23)(H,21,24)/t14-,17-/m0/s1. The number of carbonyl (C=O) groups excluding carboxylic acids is 1. The first-order valence-electron chi connectivity index (χ1n) is 8.16. The number of ether oxygens (including phenoxy) is 1. The van der Waals surface area contributed by atoms with Crippen molar-refractivity contribution in [3.63, 3.8) is 0 Å². The lowest BCUT2D eigenvalue weighted by Crippen LogP contribution is -2.37. The number of amides is 1. The number of nitrogens with one attached hydrogen (secondary N) is 2. The van der Waals surface area contributed by atoms with Gasteiger partial charge < -0.3 is 15.0 Å². The van der Waals surface area contributed by atoms with Crippen LogP contribution in [0.1, 0.15) is 28.6 Å². The molecule has 2 N–H and O–H groups in total. The van der Waals surface area contributed by atoms with Gasteiger partial charge in [-0.25, -0.2) is 0 Å². The van der Waals surface area contributed by atoms with E-state index in [4.69, 9.17) is 4.74 Å². The predicted octanol–water partition coefficient (Wildman–Crippen LogP) is 1.52. The van der Waals surface area contributed by atoms with Gasteiger partial charge in [-0.2, -0.15) is 5.10 Å². The smallest absolute Gasteiger partial charge is 0.252 e. The molecule has 1 saturated heterocycles. The van der Waals surface area contributed by atoms with Gasteiger partial charge in [0.2, 0.25) is 5.56 Å². The Morgan fingerprint density at radius 1 is 1.36 bits per heavy atom. The molecule has 7 nitrogen and oxygen atoms in total. The van der Waals surface area contributed by atoms with Crippen molar-refractivity contribution in [2.24, 2.45) is 7.05 Å². The third kappa shape index (κ3) is 2.83. The average molecular weight is 338 g/mol. The summed E-state index contributed by atoms with van der Waals surface area (Å²) in [6.07, 6.45) is 2.17. The van der Waals surface area contributed by atoms with Crippen molar-refractivity contribution >= 4 is 16.8 Å². The number of para-hydroxylation sites is 1. The maximum absolute atomic E-state index is 12.8. The van der Waals surface area contributed by atoms with Crippen LogP contribution < -0.4 is 10.9 Å². The number of fused-ring (bicyclic) bond motifs is 1. The monoisotopic (exact) mass is 338 g/mol. The maximum Gasteiger partial charge on any atom is 0.252 e. The molecule has 0 saturated carbocycles. The van der Waals surface area contributed by atoms with E-state index in [2.05, 4.69) is 15.4 Å². The van der Waals surface area contributed by atoms with E-state index in [1.165, 1.54) is 6.07 Å². The Morgan fingerprint density at radius 2 is 2.20 bits per heavy atom. The molecule has 0 aliphatic carbocycles. The van der Waals surface area contributed by atoms with Crippen LogP contribution in [-0.2, 0) is 11.8 Å². The number of carbonyl (C=O) groups is 1. The zero-order chi connectivity index (χ0) is 17.4. The fourth-order valence-corrected chi connectivity index (χ4v) is 3.33. The first kappa shape index (κ1) is 15.6. The molecule has 2 aromatic heterocycles. The molecule has 1 aromatic carbocycles. The Hall–Kier alpha value is -2.93. The molecule has 3 aromatic rings. The number of aromatic amines is 1. The summed E-state index contributed by atoms with van der Waals surface area (Å²) in [6.45, 7) is 0.566. The van der Waals surface area contributed by atoms with Gasteiger partial charge >= 0.3 is 0 Å². The van der Waals surface area contributed by atoms with Crippen molar-refractivity contribution in [2.75, 3.05) is 6.61 Å². The minimum atomic E-state index is -0.297. The van der Waals surface area contributed by atoms with Gasteiger partial charge in [0.25, 0.3) is 5.91 Å². The van der Waals surface area contributed by atoms with Crippen LogP contribution in [0.5, 0.6) is 0 Å². The number of hydrogen-bond donors (Lipinski definition) is 2. The van der Waals surface area contributed by atoms with Crippen molar-refractivity contribution < 1.29 is 9.53 Å². The number of nitrogens with zero attached hydrogens (tertiary/aromatic N) is 2. The van der Waals surface area contributed by atoms with Crippen LogP contribution in [0.25, 0.3) is 10.9 Å². The Morgan fingerprint density at radius 3 is 3.00 bits per heavy atom. The molecular formula is C18H18N4O3. The lowest BCUT2D eigenvalue weighted by atomic mass is 10.0. The van der Waals surface area contributed by atoms with Crippen LogP contribution in [0.3, 0.4) is 0 Å². The molecule has 128 valence electrons. The fraction of sp³-hybridized carbons (Fsp3) is 0.278. The van der Waals surface area contributed by atoms with Crippen LogP contribution in [0, 0.1) is 0 Å². The van der Waals surface area contributed by atoms with E-state index < -0.39 is 0 Å². The van der Waals surface area contributed by atoms with Gasteiger partial charge in [-0.1, -0.05) is 18.2 Å². The van der Waals surface area contributed by atoms with E-state index >= 15 is 0 Å². The molecule has 4 rings (SSSR count). The van der Waals surface area contributed by atoms with Crippen LogP contribution in [0.15, 0.2) is 47.4 Å². The SMILES string of the molecule is Cn1nccc1[C@H]1OCC[C@@H]1NC(=O)c1cc(=O)[nH]c2ccccc12. The van der Waals surface area contributed by atoms with E-state index in [9.17, 15) is 9.59 Å². The molecule has 0 spiro atoms. The summed E-state index contributed by atoms with van der Waals surface area (Å²) in [5.41, 5.74) is 1.63. The Kier molecular flexibility index (Phi) is 3.85. The number of H-pyrrole nitrogens is 1. The van der Waals surface area contributed by atoms with Gasteiger partial charge in [-0.15, -0.1) is 0 Å². The van der Waals surface area contributed by atoms with E-state index in [1.807, 2.05) is 31.3 Å². The van der Waals surface area contributed by atoms with Crippen LogP contribution in [-0.4, -0.2) is 33.3 Å². The average Bonchev–Trinajstić information content (AvgIpc) is 3.22. The van der Waals surface area contributed by atoms with E-state index in [-0.39, 0.29) is 23.6 Å². The third-order valence-corrected chi connectivity index (χ3v) is 4.55. The highest BCUT2D eigenvalue weighted by atomic mass is 16.5. The summed E-state index contributed by atoms with van der Waals surface area (Å²) in [5, 5.41) is 7.90. The Labute approximate surface area is 143 Å². The summed E-state index contributed by atoms with van der Waals surface area (Å²) in [6, 6.07) is 10.3. The minimum absolute atomic E-state index is 0.166. The highest BCUT2D eigenvalue weighted by Crippen LogP contribution is 2.29. The van der Waals surface area contributed by atoms with Crippen LogP contribution in [0.2, 0.25) is 0 Å². The topological polar surface area (TPSA) is 89.0 Å². The number of pyridine rings is 1. The van der Waals surface area contributed by atoms with Gasteiger partial charge in [0.1, 0.15) is 6.10 Å². The maximum atomic E-state index is 12.8. The summed E-state index contributed by atoms with van der Waals surface area (Å²) in [5.74, 6) is -0.273. The quantitative estimate of drug-likeness (QED) is 0.758. The molecule has 0 unspecified atom stereocenters. The number of benzene rings is 1. The van der Waals surface area contributed by atoms with Gasteiger partial charge in [0.05, 0.1) is 17.3 Å². The molecule has 0 bridgehead atoms. The van der Waals surface area contributed by atoms with Crippen molar-refractivity contribution in [3.8, 4) is 0 Å². The Balaban J connectivity index is 1.64. The molecule has 1 fully saturated rings. The van der Waals surface area contributed by atoms with Crippen molar-refractivity contribution in [3.05, 3.63) is 64.2 Å². The molecule has 1 aliphatic rings. The number of aromatic nitrogens is 3. The van der Waals surface area contributed by atoms with Crippen LogP contribution in [0.4, 0.5) is 0 Å². The molecule has 1 amide bonds. The van der Waals surface area contributed by atoms with Crippen molar-refractivity contribution in [1.82, 2.24) is 20.1 Å². The number of hydrogen-bond acceptors (Lipinski definition) is 4. The number of aryl methyl sites for hydroxylation is 1. The zero-order valence-electron chi connectivity index (χ0n) is 13.7. The second-order valence-corrected chi connectivity index (χ2v) is 6.13. The second kappa shape index (κ2) is 6.18. The van der Waals surface area contributed by atoms with Gasteiger partial charge in [0, 0.05) is 36.8 Å². The molecule has 0 radical (unpaired) electrons. The first-order valence-corrected chi connectivity index (χ1v) is 8.16. The normalized spacial score (nSPS) is 20.0. The minimum Gasteiger partial charge on any atom is -0.370 e.